The van der Waals surface area contributed by atoms with Crippen LogP contribution in [-0.4, -0.2) is 19.6 Å². The molecule has 0 saturated carbocycles. The molecule has 0 aliphatic heterocycles. The van der Waals surface area contributed by atoms with E-state index in [-0.39, 0.29) is 11.8 Å². The maximum absolute atomic E-state index is 12.5. The SMILES string of the molecule is COCC(C)/C=C\C(C(=O)NCc1cccc(Oc2ccccc2)c1)=C(/C)N. The van der Waals surface area contributed by atoms with Crippen LogP contribution in [0.15, 0.2) is 78.0 Å². The minimum Gasteiger partial charge on any atom is -0.457 e. The molecule has 5 heteroatoms. The predicted octanol–water partition coefficient (Wildman–Crippen LogP) is 4.17. The van der Waals surface area contributed by atoms with Gasteiger partial charge >= 0.3 is 0 Å². The molecular formula is C23H28N2O3. The summed E-state index contributed by atoms with van der Waals surface area (Å²) >= 11 is 0. The fourth-order valence-corrected chi connectivity index (χ4v) is 2.59. The molecule has 3 N–H and O–H groups in total. The first kappa shape index (κ1) is 21.3. The molecule has 0 aliphatic rings. The van der Waals surface area contributed by atoms with Crippen molar-refractivity contribution in [3.63, 3.8) is 0 Å². The molecular weight excluding hydrogens is 352 g/mol. The highest BCUT2D eigenvalue weighted by molar-refractivity contribution is 5.96. The predicted molar refractivity (Wildman–Crippen MR) is 112 cm³/mol. The van der Waals surface area contributed by atoms with E-state index in [0.717, 1.165) is 17.1 Å². The van der Waals surface area contributed by atoms with E-state index >= 15 is 0 Å². The van der Waals surface area contributed by atoms with Crippen molar-refractivity contribution in [1.29, 1.82) is 0 Å². The van der Waals surface area contributed by atoms with Crippen LogP contribution in [-0.2, 0) is 16.1 Å². The van der Waals surface area contributed by atoms with Crippen molar-refractivity contribution in [2.75, 3.05) is 13.7 Å². The van der Waals surface area contributed by atoms with Gasteiger partial charge in [0.15, 0.2) is 0 Å². The highest BCUT2D eigenvalue weighted by Crippen LogP contribution is 2.21. The molecule has 148 valence electrons. The highest BCUT2D eigenvalue weighted by atomic mass is 16.5. The zero-order valence-corrected chi connectivity index (χ0v) is 16.6. The molecule has 0 saturated heterocycles. The number of rotatable bonds is 9. The highest BCUT2D eigenvalue weighted by Gasteiger charge is 2.10. The van der Waals surface area contributed by atoms with Crippen molar-refractivity contribution < 1.29 is 14.3 Å². The van der Waals surface area contributed by atoms with Gasteiger partial charge in [-0.05, 0) is 42.7 Å². The third-order valence-electron chi connectivity index (χ3n) is 4.02. The van der Waals surface area contributed by atoms with Gasteiger partial charge in [0.2, 0.25) is 0 Å². The minimum atomic E-state index is -0.213. The third kappa shape index (κ3) is 6.93. The molecule has 1 amide bonds. The summed E-state index contributed by atoms with van der Waals surface area (Å²) in [6, 6.07) is 17.2. The van der Waals surface area contributed by atoms with Gasteiger partial charge in [0.25, 0.3) is 5.91 Å². The lowest BCUT2D eigenvalue weighted by Crippen LogP contribution is -2.25. The molecule has 28 heavy (non-hydrogen) atoms. The zero-order valence-electron chi connectivity index (χ0n) is 16.6. The molecule has 2 rings (SSSR count). The van der Waals surface area contributed by atoms with Crippen molar-refractivity contribution in [3.05, 3.63) is 83.6 Å². The van der Waals surface area contributed by atoms with Gasteiger partial charge in [-0.15, -0.1) is 0 Å². The lowest BCUT2D eigenvalue weighted by atomic mass is 10.1. The summed E-state index contributed by atoms with van der Waals surface area (Å²) in [5, 5.41) is 2.91. The monoisotopic (exact) mass is 380 g/mol. The van der Waals surface area contributed by atoms with E-state index in [1.54, 1.807) is 20.1 Å². The number of nitrogens with one attached hydrogen (secondary N) is 1. The number of allylic oxidation sites excluding steroid dienone is 1. The van der Waals surface area contributed by atoms with Gasteiger partial charge in [-0.25, -0.2) is 0 Å². The summed E-state index contributed by atoms with van der Waals surface area (Å²) < 4.78 is 10.9. The molecule has 0 heterocycles. The average molecular weight is 380 g/mol. The van der Waals surface area contributed by atoms with Crippen molar-refractivity contribution in [3.8, 4) is 11.5 Å². The number of ether oxygens (including phenoxy) is 2. The summed E-state index contributed by atoms with van der Waals surface area (Å²) in [4.78, 5) is 12.5. The number of carbonyl (C=O) groups excluding carboxylic acids is 1. The normalized spacial score (nSPS) is 13.1. The van der Waals surface area contributed by atoms with E-state index in [1.165, 1.54) is 0 Å². The molecule has 1 atom stereocenters. The number of nitrogens with two attached hydrogens (primary N) is 1. The van der Waals surface area contributed by atoms with Gasteiger partial charge in [0.05, 0.1) is 12.2 Å². The van der Waals surface area contributed by atoms with Gasteiger partial charge in [0.1, 0.15) is 11.5 Å². The molecule has 2 aromatic carbocycles. The number of benzene rings is 2. The molecule has 0 radical (unpaired) electrons. The van der Waals surface area contributed by atoms with Crippen LogP contribution >= 0.6 is 0 Å². The summed E-state index contributed by atoms with van der Waals surface area (Å²) in [7, 11) is 1.65. The quantitative estimate of drug-likeness (QED) is 0.506. The van der Waals surface area contributed by atoms with E-state index < -0.39 is 0 Å². The van der Waals surface area contributed by atoms with Crippen molar-refractivity contribution in [2.45, 2.75) is 20.4 Å². The van der Waals surface area contributed by atoms with Crippen LogP contribution in [0.25, 0.3) is 0 Å². The number of para-hydroxylation sites is 1. The van der Waals surface area contributed by atoms with E-state index in [2.05, 4.69) is 5.32 Å². The molecule has 0 spiro atoms. The Balaban J connectivity index is 1.99. The van der Waals surface area contributed by atoms with Gasteiger partial charge in [-0.2, -0.15) is 0 Å². The summed E-state index contributed by atoms with van der Waals surface area (Å²) in [5.74, 6) is 1.47. The minimum absolute atomic E-state index is 0.193. The number of amides is 1. The Morgan fingerprint density at radius 3 is 2.54 bits per heavy atom. The Morgan fingerprint density at radius 1 is 1.14 bits per heavy atom. The van der Waals surface area contributed by atoms with Gasteiger partial charge < -0.3 is 20.5 Å². The molecule has 2 aromatic rings. The Kier molecular flexibility index (Phi) is 8.31. The fraction of sp³-hybridized carbons (Fsp3) is 0.261. The lowest BCUT2D eigenvalue weighted by Gasteiger charge is -2.10. The first-order valence-electron chi connectivity index (χ1n) is 9.23. The second kappa shape index (κ2) is 10.9. The van der Waals surface area contributed by atoms with Crippen molar-refractivity contribution in [2.24, 2.45) is 11.7 Å². The molecule has 0 fully saturated rings. The Bertz CT molecular complexity index is 825. The smallest absolute Gasteiger partial charge is 0.253 e. The Morgan fingerprint density at radius 2 is 1.86 bits per heavy atom. The van der Waals surface area contributed by atoms with Crippen LogP contribution in [0, 0.1) is 5.92 Å². The first-order chi connectivity index (χ1) is 13.5. The Hall–Kier alpha value is -3.05. The number of hydrogen-bond donors (Lipinski definition) is 2. The van der Waals surface area contributed by atoms with Crippen molar-refractivity contribution >= 4 is 5.91 Å². The van der Waals surface area contributed by atoms with Crippen LogP contribution < -0.4 is 15.8 Å². The van der Waals surface area contributed by atoms with Gasteiger partial charge in [0, 0.05) is 19.4 Å². The second-order valence-corrected chi connectivity index (χ2v) is 6.63. The van der Waals surface area contributed by atoms with E-state index in [1.807, 2.05) is 67.6 Å². The molecule has 0 aliphatic carbocycles. The fourth-order valence-electron chi connectivity index (χ4n) is 2.59. The first-order valence-corrected chi connectivity index (χ1v) is 9.23. The van der Waals surface area contributed by atoms with E-state index in [4.69, 9.17) is 15.2 Å². The lowest BCUT2D eigenvalue weighted by molar-refractivity contribution is -0.117. The third-order valence-corrected chi connectivity index (χ3v) is 4.02. The van der Waals surface area contributed by atoms with E-state index in [0.29, 0.717) is 24.4 Å². The largest absolute Gasteiger partial charge is 0.457 e. The standard InChI is InChI=1S/C23H28N2O3/c1-17(16-27-3)12-13-22(18(2)24)23(26)25-15-19-8-7-11-21(14-19)28-20-9-5-4-6-10-20/h4-14,17H,15-16,24H2,1-3H3,(H,25,26)/b13-12-,22-18-. The van der Waals surface area contributed by atoms with Gasteiger partial charge in [-0.3, -0.25) is 4.79 Å². The average Bonchev–Trinajstić information content (AvgIpc) is 2.67. The summed E-state index contributed by atoms with van der Waals surface area (Å²) in [6.45, 7) is 4.69. The van der Waals surface area contributed by atoms with Crippen molar-refractivity contribution in [1.82, 2.24) is 5.32 Å². The van der Waals surface area contributed by atoms with Crippen LogP contribution in [0.2, 0.25) is 0 Å². The second-order valence-electron chi connectivity index (χ2n) is 6.63. The summed E-state index contributed by atoms with van der Waals surface area (Å²) in [6.07, 6.45) is 3.67. The van der Waals surface area contributed by atoms with Crippen LogP contribution in [0.1, 0.15) is 19.4 Å². The zero-order chi connectivity index (χ0) is 20.4. The maximum Gasteiger partial charge on any atom is 0.253 e. The number of carbonyl (C=O) groups is 1. The number of methoxy groups -OCH3 is 1. The van der Waals surface area contributed by atoms with Gasteiger partial charge in [-0.1, -0.05) is 49.4 Å². The molecule has 1 unspecified atom stereocenters. The molecule has 5 nitrogen and oxygen atoms in total. The van der Waals surface area contributed by atoms with Crippen LogP contribution in [0.5, 0.6) is 11.5 Å². The maximum atomic E-state index is 12.5. The molecule has 0 bridgehead atoms. The van der Waals surface area contributed by atoms with Crippen LogP contribution in [0.4, 0.5) is 0 Å². The number of hydrogen-bond acceptors (Lipinski definition) is 4. The Labute approximate surface area is 166 Å². The topological polar surface area (TPSA) is 73.6 Å². The van der Waals surface area contributed by atoms with Crippen LogP contribution in [0.3, 0.4) is 0 Å². The molecule has 0 aromatic heterocycles. The summed E-state index contributed by atoms with van der Waals surface area (Å²) in [5.41, 5.74) is 7.76. The van der Waals surface area contributed by atoms with E-state index in [9.17, 15) is 4.79 Å².